The maximum Gasteiger partial charge on any atom is 0.255 e. The number of carbonyl (C=O) groups excluding carboxylic acids is 2. The van der Waals surface area contributed by atoms with Gasteiger partial charge in [-0.05, 0) is 0 Å². The number of rotatable bonds is 0. The van der Waals surface area contributed by atoms with Crippen molar-refractivity contribution in [3.05, 3.63) is 0 Å². The number of nitrogens with zero attached hydrogens (tertiary/aromatic N) is 3. The quantitative estimate of drug-likeness (QED) is 0.698. The molecule has 2 rings (SSSR count). The SMILES string of the molecule is CC1(C)C=NN(C2=NNC(=O)CC2)C(=O)C1(C)C. The van der Waals surface area contributed by atoms with Crippen LogP contribution in [0.3, 0.4) is 0 Å². The molecule has 0 aliphatic carbocycles. The molecule has 0 fully saturated rings. The molecule has 2 aliphatic rings. The van der Waals surface area contributed by atoms with Crippen LogP contribution in [0.5, 0.6) is 0 Å². The highest BCUT2D eigenvalue weighted by Crippen LogP contribution is 2.41. The van der Waals surface area contributed by atoms with Gasteiger partial charge in [-0.15, -0.1) is 0 Å². The van der Waals surface area contributed by atoms with Crippen molar-refractivity contribution in [2.45, 2.75) is 40.5 Å². The third-order valence-corrected chi connectivity index (χ3v) is 3.96. The van der Waals surface area contributed by atoms with E-state index in [-0.39, 0.29) is 17.2 Å². The molecule has 0 aromatic rings. The number of amides is 2. The van der Waals surface area contributed by atoms with Crippen LogP contribution in [0.2, 0.25) is 0 Å². The van der Waals surface area contributed by atoms with Gasteiger partial charge in [0.25, 0.3) is 5.91 Å². The summed E-state index contributed by atoms with van der Waals surface area (Å²) in [6, 6.07) is 0. The van der Waals surface area contributed by atoms with Crippen LogP contribution in [0, 0.1) is 10.8 Å². The van der Waals surface area contributed by atoms with Crippen molar-refractivity contribution >= 4 is 23.9 Å². The fourth-order valence-corrected chi connectivity index (χ4v) is 1.76. The second kappa shape index (κ2) is 3.90. The predicted octanol–water partition coefficient (Wildman–Crippen LogP) is 1.09. The molecule has 0 aromatic heterocycles. The van der Waals surface area contributed by atoms with Crippen molar-refractivity contribution in [3.8, 4) is 0 Å². The lowest BCUT2D eigenvalue weighted by Crippen LogP contribution is -2.53. The lowest BCUT2D eigenvalue weighted by atomic mass is 9.67. The first kappa shape index (κ1) is 12.7. The summed E-state index contributed by atoms with van der Waals surface area (Å²) in [5.41, 5.74) is 1.52. The molecule has 2 heterocycles. The van der Waals surface area contributed by atoms with Crippen molar-refractivity contribution < 1.29 is 9.59 Å². The normalized spacial score (nSPS) is 25.8. The Balaban J connectivity index is 2.32. The average Bonchev–Trinajstić information content (AvgIpc) is 2.29. The van der Waals surface area contributed by atoms with Gasteiger partial charge in [-0.3, -0.25) is 9.59 Å². The summed E-state index contributed by atoms with van der Waals surface area (Å²) >= 11 is 0. The van der Waals surface area contributed by atoms with Gasteiger partial charge in [0.05, 0.1) is 5.41 Å². The van der Waals surface area contributed by atoms with Crippen molar-refractivity contribution in [2.24, 2.45) is 21.0 Å². The van der Waals surface area contributed by atoms with Gasteiger partial charge in [0, 0.05) is 24.5 Å². The first-order valence-corrected chi connectivity index (χ1v) is 6.01. The largest absolute Gasteiger partial charge is 0.273 e. The van der Waals surface area contributed by atoms with E-state index in [0.29, 0.717) is 18.7 Å². The zero-order valence-corrected chi connectivity index (χ0v) is 11.1. The molecule has 2 aliphatic heterocycles. The fourth-order valence-electron chi connectivity index (χ4n) is 1.76. The number of nitrogens with one attached hydrogen (secondary N) is 1. The number of hydrogen-bond donors (Lipinski definition) is 1. The van der Waals surface area contributed by atoms with Gasteiger partial charge in [-0.1, -0.05) is 27.7 Å². The average molecular weight is 250 g/mol. The molecule has 2 amide bonds. The minimum Gasteiger partial charge on any atom is -0.273 e. The molecule has 98 valence electrons. The van der Waals surface area contributed by atoms with E-state index in [1.807, 2.05) is 27.7 Å². The van der Waals surface area contributed by atoms with E-state index in [0.717, 1.165) is 0 Å². The van der Waals surface area contributed by atoms with Crippen molar-refractivity contribution in [1.29, 1.82) is 0 Å². The molecule has 0 atom stereocenters. The molecule has 0 aromatic carbocycles. The van der Waals surface area contributed by atoms with Crippen LogP contribution in [-0.2, 0) is 9.59 Å². The van der Waals surface area contributed by atoms with Gasteiger partial charge in [-0.2, -0.15) is 15.2 Å². The summed E-state index contributed by atoms with van der Waals surface area (Å²) in [6.07, 6.45) is 2.54. The molecule has 0 radical (unpaired) electrons. The molecule has 0 saturated carbocycles. The monoisotopic (exact) mass is 250 g/mol. The van der Waals surface area contributed by atoms with Gasteiger partial charge in [-0.25, -0.2) is 5.43 Å². The number of hydrogen-bond acceptors (Lipinski definition) is 4. The van der Waals surface area contributed by atoms with Crippen LogP contribution in [0.1, 0.15) is 40.5 Å². The molecule has 1 N–H and O–H groups in total. The predicted molar refractivity (Wildman–Crippen MR) is 67.7 cm³/mol. The highest BCUT2D eigenvalue weighted by Gasteiger charge is 2.48. The molecule has 6 nitrogen and oxygen atoms in total. The lowest BCUT2D eigenvalue weighted by molar-refractivity contribution is -0.142. The smallest absolute Gasteiger partial charge is 0.255 e. The summed E-state index contributed by atoms with van der Waals surface area (Å²) in [5, 5.41) is 9.40. The first-order chi connectivity index (χ1) is 8.25. The minimum atomic E-state index is -0.557. The highest BCUT2D eigenvalue weighted by atomic mass is 16.2. The van der Waals surface area contributed by atoms with Crippen LogP contribution >= 0.6 is 0 Å². The number of carbonyl (C=O) groups is 2. The Hall–Kier alpha value is -1.72. The van der Waals surface area contributed by atoms with Gasteiger partial charge < -0.3 is 0 Å². The Morgan fingerprint density at radius 1 is 1.22 bits per heavy atom. The van der Waals surface area contributed by atoms with E-state index < -0.39 is 5.41 Å². The van der Waals surface area contributed by atoms with E-state index in [1.165, 1.54) is 5.01 Å². The molecule has 0 saturated heterocycles. The summed E-state index contributed by atoms with van der Waals surface area (Å²) in [6.45, 7) is 7.76. The summed E-state index contributed by atoms with van der Waals surface area (Å²) in [7, 11) is 0. The van der Waals surface area contributed by atoms with Crippen LogP contribution in [0.25, 0.3) is 0 Å². The minimum absolute atomic E-state index is 0.0927. The summed E-state index contributed by atoms with van der Waals surface area (Å²) in [4.78, 5) is 23.5. The molecule has 0 spiro atoms. The third-order valence-electron chi connectivity index (χ3n) is 3.96. The standard InChI is InChI=1S/C12H18N4O2/c1-11(2)7-13-16(10(18)12(11,3)4)8-5-6-9(17)15-14-8/h7H,5-6H2,1-4H3,(H,15,17). The van der Waals surface area contributed by atoms with Crippen LogP contribution in [-0.4, -0.2) is 28.9 Å². The van der Waals surface area contributed by atoms with E-state index in [2.05, 4.69) is 15.6 Å². The molecule has 18 heavy (non-hydrogen) atoms. The van der Waals surface area contributed by atoms with E-state index >= 15 is 0 Å². The van der Waals surface area contributed by atoms with Crippen LogP contribution in [0.4, 0.5) is 0 Å². The second-order valence-corrected chi connectivity index (χ2v) is 5.77. The maximum absolute atomic E-state index is 12.5. The van der Waals surface area contributed by atoms with Crippen molar-refractivity contribution in [2.75, 3.05) is 0 Å². The second-order valence-electron chi connectivity index (χ2n) is 5.77. The molecule has 0 unspecified atom stereocenters. The Labute approximate surface area is 106 Å². The Bertz CT molecular complexity index is 463. The fraction of sp³-hybridized carbons (Fsp3) is 0.667. The van der Waals surface area contributed by atoms with E-state index in [4.69, 9.17) is 0 Å². The zero-order chi connectivity index (χ0) is 13.6. The zero-order valence-electron chi connectivity index (χ0n) is 11.1. The molecular weight excluding hydrogens is 232 g/mol. The van der Waals surface area contributed by atoms with Crippen LogP contribution < -0.4 is 5.43 Å². The lowest BCUT2D eigenvalue weighted by Gasteiger charge is -2.43. The van der Waals surface area contributed by atoms with Gasteiger partial charge in [0.15, 0.2) is 5.84 Å². The van der Waals surface area contributed by atoms with E-state index in [1.54, 1.807) is 6.21 Å². The molecule has 6 heteroatoms. The third kappa shape index (κ3) is 1.81. The number of hydrazone groups is 2. The summed E-state index contributed by atoms with van der Waals surface area (Å²) < 4.78 is 0. The van der Waals surface area contributed by atoms with Gasteiger partial charge >= 0.3 is 0 Å². The van der Waals surface area contributed by atoms with Crippen LogP contribution in [0.15, 0.2) is 10.2 Å². The Morgan fingerprint density at radius 3 is 2.44 bits per heavy atom. The highest BCUT2D eigenvalue weighted by molar-refractivity contribution is 6.05. The molecular formula is C12H18N4O2. The number of amidine groups is 1. The summed E-state index contributed by atoms with van der Waals surface area (Å²) in [5.74, 6) is 0.274. The topological polar surface area (TPSA) is 74.1 Å². The van der Waals surface area contributed by atoms with Crippen molar-refractivity contribution in [1.82, 2.24) is 10.4 Å². The Kier molecular flexibility index (Phi) is 2.76. The first-order valence-electron chi connectivity index (χ1n) is 6.01. The molecule has 0 bridgehead atoms. The van der Waals surface area contributed by atoms with Gasteiger partial charge in [0.2, 0.25) is 5.91 Å². The van der Waals surface area contributed by atoms with Crippen molar-refractivity contribution in [3.63, 3.8) is 0 Å². The van der Waals surface area contributed by atoms with Gasteiger partial charge in [0.1, 0.15) is 0 Å². The van der Waals surface area contributed by atoms with E-state index in [9.17, 15) is 9.59 Å². The Morgan fingerprint density at radius 2 is 1.89 bits per heavy atom. The maximum atomic E-state index is 12.5.